The summed E-state index contributed by atoms with van der Waals surface area (Å²) in [6.45, 7) is 0.942. The Labute approximate surface area is 121 Å². The molecule has 0 bridgehead atoms. The highest BCUT2D eigenvalue weighted by Crippen LogP contribution is 2.24. The fourth-order valence-electron chi connectivity index (χ4n) is 2.66. The molecule has 4 rings (SSSR count). The molecule has 104 valence electrons. The van der Waals surface area contributed by atoms with Gasteiger partial charge < -0.3 is 10.6 Å². The van der Waals surface area contributed by atoms with Gasteiger partial charge in [0.2, 0.25) is 0 Å². The number of anilines is 2. The number of carbonyl (C=O) groups excluding carboxylic acids is 1. The monoisotopic (exact) mass is 278 g/mol. The lowest BCUT2D eigenvalue weighted by molar-refractivity contribution is 0.102. The van der Waals surface area contributed by atoms with Crippen molar-refractivity contribution in [2.24, 2.45) is 0 Å². The summed E-state index contributed by atoms with van der Waals surface area (Å²) in [4.78, 5) is 12.3. The van der Waals surface area contributed by atoms with Crippen LogP contribution in [0, 0.1) is 0 Å². The van der Waals surface area contributed by atoms with E-state index < -0.39 is 0 Å². The predicted octanol–water partition coefficient (Wildman–Crippen LogP) is 2.78. The summed E-state index contributed by atoms with van der Waals surface area (Å²) in [5.41, 5.74) is 4.71. The minimum Gasteiger partial charge on any atom is -0.384 e. The van der Waals surface area contributed by atoms with Crippen LogP contribution in [0.1, 0.15) is 15.9 Å². The Balaban J connectivity index is 1.59. The number of fused-ring (bicyclic) bond motifs is 2. The number of hydrogen-bond acceptors (Lipinski definition) is 3. The molecule has 0 saturated heterocycles. The van der Waals surface area contributed by atoms with Crippen LogP contribution in [0.15, 0.2) is 42.6 Å². The van der Waals surface area contributed by atoms with Crippen molar-refractivity contribution in [2.75, 3.05) is 17.2 Å². The van der Waals surface area contributed by atoms with E-state index in [9.17, 15) is 4.79 Å². The van der Waals surface area contributed by atoms with E-state index in [1.54, 1.807) is 6.20 Å². The van der Waals surface area contributed by atoms with Crippen molar-refractivity contribution < 1.29 is 4.79 Å². The highest BCUT2D eigenvalue weighted by atomic mass is 16.1. The third-order valence-electron chi connectivity index (χ3n) is 3.78. The highest BCUT2D eigenvalue weighted by molar-refractivity contribution is 6.05. The zero-order valence-corrected chi connectivity index (χ0v) is 11.3. The van der Waals surface area contributed by atoms with Gasteiger partial charge in [0.05, 0.1) is 11.7 Å². The second-order valence-electron chi connectivity index (χ2n) is 5.17. The van der Waals surface area contributed by atoms with Crippen molar-refractivity contribution >= 4 is 28.2 Å². The summed E-state index contributed by atoms with van der Waals surface area (Å²) < 4.78 is 0. The first-order valence-corrected chi connectivity index (χ1v) is 6.91. The van der Waals surface area contributed by atoms with E-state index in [0.717, 1.165) is 35.2 Å². The molecule has 0 atom stereocenters. The Kier molecular flexibility index (Phi) is 2.64. The molecule has 1 aromatic heterocycles. The quantitative estimate of drug-likeness (QED) is 0.675. The van der Waals surface area contributed by atoms with Crippen LogP contribution in [0.4, 0.5) is 11.4 Å². The molecular formula is C16H14N4O. The number of nitrogens with zero attached hydrogens (tertiary/aromatic N) is 1. The van der Waals surface area contributed by atoms with E-state index in [1.807, 2.05) is 36.4 Å². The van der Waals surface area contributed by atoms with Crippen molar-refractivity contribution in [1.29, 1.82) is 0 Å². The fraction of sp³-hybridized carbons (Fsp3) is 0.125. The highest BCUT2D eigenvalue weighted by Gasteiger charge is 2.13. The summed E-state index contributed by atoms with van der Waals surface area (Å²) in [7, 11) is 0. The topological polar surface area (TPSA) is 69.8 Å². The number of aromatic nitrogens is 2. The average molecular weight is 278 g/mol. The van der Waals surface area contributed by atoms with E-state index in [-0.39, 0.29) is 5.91 Å². The van der Waals surface area contributed by atoms with E-state index >= 15 is 0 Å². The summed E-state index contributed by atoms with van der Waals surface area (Å²) in [6.07, 6.45) is 2.76. The van der Waals surface area contributed by atoms with Crippen molar-refractivity contribution in [3.8, 4) is 0 Å². The number of carbonyl (C=O) groups is 1. The Morgan fingerprint density at radius 2 is 2.14 bits per heavy atom. The molecule has 1 aliphatic heterocycles. The predicted molar refractivity (Wildman–Crippen MR) is 82.7 cm³/mol. The molecular weight excluding hydrogens is 264 g/mol. The molecule has 3 aromatic rings. The molecule has 5 nitrogen and oxygen atoms in total. The average Bonchev–Trinajstić information content (AvgIpc) is 3.14. The lowest BCUT2D eigenvalue weighted by Gasteiger charge is -2.07. The Hall–Kier alpha value is -2.82. The van der Waals surface area contributed by atoms with Gasteiger partial charge in [-0.2, -0.15) is 5.10 Å². The molecule has 0 unspecified atom stereocenters. The van der Waals surface area contributed by atoms with Crippen molar-refractivity contribution in [3.63, 3.8) is 0 Å². The molecule has 0 radical (unpaired) electrons. The van der Waals surface area contributed by atoms with Crippen molar-refractivity contribution in [1.82, 2.24) is 10.2 Å². The summed E-state index contributed by atoms with van der Waals surface area (Å²) in [5.74, 6) is -0.102. The Morgan fingerprint density at radius 3 is 3.10 bits per heavy atom. The van der Waals surface area contributed by atoms with Gasteiger partial charge in [0, 0.05) is 28.9 Å². The van der Waals surface area contributed by atoms with Gasteiger partial charge in [0.25, 0.3) is 5.91 Å². The number of amides is 1. The molecule has 21 heavy (non-hydrogen) atoms. The largest absolute Gasteiger partial charge is 0.384 e. The lowest BCUT2D eigenvalue weighted by atomic mass is 10.1. The first-order chi connectivity index (χ1) is 10.3. The summed E-state index contributed by atoms with van der Waals surface area (Å²) >= 11 is 0. The van der Waals surface area contributed by atoms with Gasteiger partial charge >= 0.3 is 0 Å². The lowest BCUT2D eigenvalue weighted by Crippen LogP contribution is -2.12. The van der Waals surface area contributed by atoms with Crippen molar-refractivity contribution in [3.05, 3.63) is 53.7 Å². The number of benzene rings is 2. The van der Waals surface area contributed by atoms with Gasteiger partial charge in [-0.3, -0.25) is 9.89 Å². The third-order valence-corrected chi connectivity index (χ3v) is 3.78. The minimum atomic E-state index is -0.102. The molecule has 5 heteroatoms. The zero-order valence-electron chi connectivity index (χ0n) is 11.3. The smallest absolute Gasteiger partial charge is 0.255 e. The molecule has 0 aliphatic carbocycles. The van der Waals surface area contributed by atoms with Crippen LogP contribution in [-0.4, -0.2) is 22.6 Å². The van der Waals surface area contributed by atoms with Gasteiger partial charge in [-0.1, -0.05) is 6.07 Å². The van der Waals surface area contributed by atoms with E-state index in [2.05, 4.69) is 20.8 Å². The van der Waals surface area contributed by atoms with Crippen molar-refractivity contribution in [2.45, 2.75) is 6.42 Å². The number of hydrogen-bond donors (Lipinski definition) is 3. The third kappa shape index (κ3) is 2.12. The normalized spacial score (nSPS) is 13.0. The maximum absolute atomic E-state index is 12.3. The molecule has 1 aliphatic rings. The van der Waals surface area contributed by atoms with Crippen LogP contribution < -0.4 is 10.6 Å². The van der Waals surface area contributed by atoms with Gasteiger partial charge in [0.15, 0.2) is 0 Å². The van der Waals surface area contributed by atoms with Gasteiger partial charge in [0.1, 0.15) is 0 Å². The molecule has 0 fully saturated rings. The fourth-order valence-corrected chi connectivity index (χ4v) is 2.66. The zero-order chi connectivity index (χ0) is 14.2. The van der Waals surface area contributed by atoms with Crippen LogP contribution in [0.25, 0.3) is 10.9 Å². The van der Waals surface area contributed by atoms with E-state index in [0.29, 0.717) is 5.56 Å². The van der Waals surface area contributed by atoms with Gasteiger partial charge in [-0.05, 0) is 42.3 Å². The molecule has 0 saturated carbocycles. The molecule has 3 N–H and O–H groups in total. The summed E-state index contributed by atoms with van der Waals surface area (Å²) in [5, 5.41) is 14.0. The molecule has 0 spiro atoms. The maximum atomic E-state index is 12.3. The van der Waals surface area contributed by atoms with E-state index in [4.69, 9.17) is 0 Å². The first-order valence-electron chi connectivity index (χ1n) is 6.91. The minimum absolute atomic E-state index is 0.102. The molecule has 2 heterocycles. The van der Waals surface area contributed by atoms with Gasteiger partial charge in [-0.25, -0.2) is 0 Å². The second-order valence-corrected chi connectivity index (χ2v) is 5.17. The number of aromatic amines is 1. The number of nitrogens with one attached hydrogen (secondary N) is 3. The van der Waals surface area contributed by atoms with Crippen LogP contribution in [0.2, 0.25) is 0 Å². The number of rotatable bonds is 2. The second kappa shape index (κ2) is 4.63. The SMILES string of the molecule is O=C(Nc1ccc2[nH]ncc2c1)c1ccc2c(c1)NCC2. The van der Waals surface area contributed by atoms with Crippen LogP contribution in [-0.2, 0) is 6.42 Å². The Bertz CT molecular complexity index is 837. The first kappa shape index (κ1) is 12.0. The standard InChI is InChI=1S/C16H14N4O/c21-16(11-2-1-10-5-6-17-15(10)8-11)19-13-3-4-14-12(7-13)9-18-20-14/h1-4,7-9,17H,5-6H2,(H,18,20)(H,19,21). The molecule has 2 aromatic carbocycles. The van der Waals surface area contributed by atoms with Crippen LogP contribution in [0.3, 0.4) is 0 Å². The number of H-pyrrole nitrogens is 1. The Morgan fingerprint density at radius 1 is 1.19 bits per heavy atom. The van der Waals surface area contributed by atoms with Gasteiger partial charge in [-0.15, -0.1) is 0 Å². The maximum Gasteiger partial charge on any atom is 0.255 e. The van der Waals surface area contributed by atoms with Crippen LogP contribution >= 0.6 is 0 Å². The molecule has 1 amide bonds. The van der Waals surface area contributed by atoms with Crippen LogP contribution in [0.5, 0.6) is 0 Å². The van der Waals surface area contributed by atoms with E-state index in [1.165, 1.54) is 5.56 Å². The summed E-state index contributed by atoms with van der Waals surface area (Å²) in [6, 6.07) is 11.5.